The van der Waals surface area contributed by atoms with Crippen LogP contribution in [0.1, 0.15) is 36.3 Å². The van der Waals surface area contributed by atoms with Gasteiger partial charge in [0.05, 0.1) is 11.6 Å². The second-order valence-corrected chi connectivity index (χ2v) is 8.43. The summed E-state index contributed by atoms with van der Waals surface area (Å²) in [7, 11) is 0. The second-order valence-electron chi connectivity index (χ2n) is 8.43. The summed E-state index contributed by atoms with van der Waals surface area (Å²) in [4.78, 5) is 11.0. The summed E-state index contributed by atoms with van der Waals surface area (Å²) >= 11 is 0. The second kappa shape index (κ2) is 7.47. The van der Waals surface area contributed by atoms with Crippen LogP contribution < -0.4 is 10.2 Å². The lowest BCUT2D eigenvalue weighted by molar-refractivity contribution is -0.152. The van der Waals surface area contributed by atoms with E-state index in [1.165, 1.54) is 0 Å². The monoisotopic (exact) mass is 411 g/mol. The van der Waals surface area contributed by atoms with E-state index in [4.69, 9.17) is 15.0 Å². The molecule has 8 heteroatoms. The van der Waals surface area contributed by atoms with E-state index in [-0.39, 0.29) is 12.3 Å². The van der Waals surface area contributed by atoms with Gasteiger partial charge in [-0.25, -0.2) is 18.7 Å². The van der Waals surface area contributed by atoms with Crippen LogP contribution in [0.4, 0.5) is 26.2 Å². The fourth-order valence-corrected chi connectivity index (χ4v) is 4.81. The quantitative estimate of drug-likeness (QED) is 0.817. The van der Waals surface area contributed by atoms with Crippen LogP contribution in [0.5, 0.6) is 0 Å². The van der Waals surface area contributed by atoms with Gasteiger partial charge in [0.15, 0.2) is 0 Å². The predicted molar refractivity (Wildman–Crippen MR) is 108 cm³/mol. The maximum absolute atomic E-state index is 13.9. The molecule has 0 amide bonds. The lowest BCUT2D eigenvalue weighted by Gasteiger charge is -2.38. The number of alkyl halides is 2. The number of hydrogen-bond donors (Lipinski definition) is 1. The van der Waals surface area contributed by atoms with Gasteiger partial charge in [-0.1, -0.05) is 0 Å². The smallest absolute Gasteiger partial charge is 0.253 e. The van der Waals surface area contributed by atoms with Gasteiger partial charge in [-0.3, -0.25) is 0 Å². The maximum atomic E-state index is 13.9. The summed E-state index contributed by atoms with van der Waals surface area (Å²) in [5.41, 5.74) is 1.64. The summed E-state index contributed by atoms with van der Waals surface area (Å²) < 4.78 is 33.3. The van der Waals surface area contributed by atoms with Gasteiger partial charge in [-0.15, -0.1) is 0 Å². The molecule has 2 saturated heterocycles. The SMILES string of the molecule is N#Cc1ccnc(Nc2cc(C3CCOCC3)cc(N3CC4CC(F)(F)C4C3)n2)c1. The fraction of sp³-hybridized carbons (Fsp3) is 0.500. The lowest BCUT2D eigenvalue weighted by atomic mass is 9.72. The third kappa shape index (κ3) is 3.58. The highest BCUT2D eigenvalue weighted by atomic mass is 19.3. The topological polar surface area (TPSA) is 74.1 Å². The van der Waals surface area contributed by atoms with Crippen LogP contribution in [0.25, 0.3) is 0 Å². The molecule has 156 valence electrons. The van der Waals surface area contributed by atoms with E-state index in [1.54, 1.807) is 18.3 Å². The van der Waals surface area contributed by atoms with Gasteiger partial charge in [0.2, 0.25) is 0 Å². The first kappa shape index (κ1) is 19.2. The van der Waals surface area contributed by atoms with Crippen LogP contribution in [-0.2, 0) is 4.74 Å². The summed E-state index contributed by atoms with van der Waals surface area (Å²) in [6, 6.07) is 9.45. The highest BCUT2D eigenvalue weighted by Crippen LogP contribution is 2.52. The average Bonchev–Trinajstić information content (AvgIpc) is 3.14. The molecule has 0 spiro atoms. The molecule has 2 aromatic rings. The van der Waals surface area contributed by atoms with Crippen molar-refractivity contribution in [3.8, 4) is 6.07 Å². The molecule has 0 bridgehead atoms. The Morgan fingerprint density at radius 3 is 2.73 bits per heavy atom. The number of nitrogens with one attached hydrogen (secondary N) is 1. The van der Waals surface area contributed by atoms with Gasteiger partial charge >= 0.3 is 0 Å². The van der Waals surface area contributed by atoms with Crippen molar-refractivity contribution in [1.29, 1.82) is 5.26 Å². The molecule has 4 heterocycles. The molecular weight excluding hydrogens is 388 g/mol. The standard InChI is InChI=1S/C22H23F2N5O/c23-22(24)10-17-12-29(13-18(17)22)21-9-16(15-2-5-30-6-3-15)8-20(28-21)27-19-7-14(11-25)1-4-26-19/h1,4,7-9,15,17-18H,2-3,5-6,10,12-13H2,(H,26,27,28). The third-order valence-electron chi connectivity index (χ3n) is 6.51. The Morgan fingerprint density at radius 1 is 1.17 bits per heavy atom. The van der Waals surface area contributed by atoms with Crippen molar-refractivity contribution in [2.45, 2.75) is 31.1 Å². The van der Waals surface area contributed by atoms with E-state index in [0.29, 0.717) is 36.2 Å². The Bertz CT molecular complexity index is 986. The Balaban J connectivity index is 1.45. The molecule has 3 fully saturated rings. The molecule has 1 aliphatic carbocycles. The zero-order valence-electron chi connectivity index (χ0n) is 16.5. The minimum absolute atomic E-state index is 0.0240. The minimum atomic E-state index is -2.56. The van der Waals surface area contributed by atoms with E-state index < -0.39 is 11.8 Å². The van der Waals surface area contributed by atoms with Crippen LogP contribution >= 0.6 is 0 Å². The summed E-state index contributed by atoms with van der Waals surface area (Å²) in [5.74, 6) is -0.869. The molecule has 2 aromatic heterocycles. The van der Waals surface area contributed by atoms with Gasteiger partial charge in [0, 0.05) is 44.8 Å². The molecule has 0 radical (unpaired) electrons. The number of halogens is 2. The number of hydrogen-bond acceptors (Lipinski definition) is 6. The lowest BCUT2D eigenvalue weighted by Crippen LogP contribution is -2.46. The van der Waals surface area contributed by atoms with Crippen molar-refractivity contribution in [3.05, 3.63) is 41.6 Å². The molecule has 2 atom stereocenters. The zero-order valence-corrected chi connectivity index (χ0v) is 16.5. The third-order valence-corrected chi connectivity index (χ3v) is 6.51. The van der Waals surface area contributed by atoms with Crippen LogP contribution in [0.3, 0.4) is 0 Å². The number of rotatable bonds is 4. The molecule has 2 unspecified atom stereocenters. The number of nitriles is 1. The summed E-state index contributed by atoms with van der Waals surface area (Å²) in [5, 5.41) is 12.3. The van der Waals surface area contributed by atoms with Crippen LogP contribution in [-0.4, -0.2) is 42.2 Å². The average molecular weight is 411 g/mol. The van der Waals surface area contributed by atoms with E-state index in [1.807, 2.05) is 17.0 Å². The van der Waals surface area contributed by atoms with Crippen LogP contribution in [0.15, 0.2) is 30.5 Å². The van der Waals surface area contributed by atoms with Gasteiger partial charge in [-0.05, 0) is 54.5 Å². The molecule has 5 rings (SSSR count). The number of nitrogens with zero attached hydrogens (tertiary/aromatic N) is 4. The highest BCUT2D eigenvalue weighted by Gasteiger charge is 2.59. The number of fused-ring (bicyclic) bond motifs is 1. The number of anilines is 3. The molecule has 6 nitrogen and oxygen atoms in total. The van der Waals surface area contributed by atoms with Crippen molar-refractivity contribution in [3.63, 3.8) is 0 Å². The van der Waals surface area contributed by atoms with E-state index >= 15 is 0 Å². The number of pyridine rings is 2. The van der Waals surface area contributed by atoms with E-state index in [9.17, 15) is 8.78 Å². The van der Waals surface area contributed by atoms with Crippen molar-refractivity contribution < 1.29 is 13.5 Å². The predicted octanol–water partition coefficient (Wildman–Crippen LogP) is 4.08. The Hall–Kier alpha value is -2.79. The first-order chi connectivity index (χ1) is 14.5. The van der Waals surface area contributed by atoms with Crippen molar-refractivity contribution >= 4 is 17.5 Å². The highest BCUT2D eigenvalue weighted by molar-refractivity contribution is 5.59. The van der Waals surface area contributed by atoms with Crippen LogP contribution in [0, 0.1) is 23.2 Å². The Kier molecular flexibility index (Phi) is 4.78. The van der Waals surface area contributed by atoms with Gasteiger partial charge in [-0.2, -0.15) is 5.26 Å². The molecular formula is C22H23F2N5O. The molecule has 2 aliphatic heterocycles. The molecule has 1 saturated carbocycles. The molecule has 1 N–H and O–H groups in total. The van der Waals surface area contributed by atoms with E-state index in [0.717, 1.165) is 37.4 Å². The Morgan fingerprint density at radius 2 is 2.00 bits per heavy atom. The first-order valence-corrected chi connectivity index (χ1v) is 10.4. The summed E-state index contributed by atoms with van der Waals surface area (Å²) in [6.07, 6.45) is 3.40. The van der Waals surface area contributed by atoms with Gasteiger partial charge < -0.3 is 15.0 Å². The van der Waals surface area contributed by atoms with Gasteiger partial charge in [0.1, 0.15) is 17.5 Å². The zero-order chi connectivity index (χ0) is 20.7. The number of ether oxygens (including phenoxy) is 1. The molecule has 0 aromatic carbocycles. The van der Waals surface area contributed by atoms with Crippen molar-refractivity contribution in [2.24, 2.45) is 11.8 Å². The maximum Gasteiger partial charge on any atom is 0.253 e. The first-order valence-electron chi connectivity index (χ1n) is 10.4. The minimum Gasteiger partial charge on any atom is -0.381 e. The summed E-state index contributed by atoms with van der Waals surface area (Å²) in [6.45, 7) is 2.39. The van der Waals surface area contributed by atoms with Gasteiger partial charge in [0.25, 0.3) is 5.92 Å². The largest absolute Gasteiger partial charge is 0.381 e. The fourth-order valence-electron chi connectivity index (χ4n) is 4.81. The van der Waals surface area contributed by atoms with Crippen molar-refractivity contribution in [2.75, 3.05) is 36.5 Å². The van der Waals surface area contributed by atoms with E-state index in [2.05, 4.69) is 16.4 Å². The Labute approximate surface area is 173 Å². The molecule has 3 aliphatic rings. The number of aromatic nitrogens is 2. The normalized spacial score (nSPS) is 25.3. The van der Waals surface area contributed by atoms with Crippen molar-refractivity contribution in [1.82, 2.24) is 9.97 Å². The van der Waals surface area contributed by atoms with Crippen LogP contribution in [0.2, 0.25) is 0 Å². The molecule has 30 heavy (non-hydrogen) atoms.